The summed E-state index contributed by atoms with van der Waals surface area (Å²) in [4.78, 5) is 35.4. The summed E-state index contributed by atoms with van der Waals surface area (Å²) in [6.07, 6.45) is 3.56. The van der Waals surface area contributed by atoms with Crippen molar-refractivity contribution in [1.29, 1.82) is 0 Å². The SMILES string of the molecule is O=C1[C@H]2CN(Cc3ccccn3)CCN2C(=O)[C@H]2CCCN12. The number of hydrogen-bond donors (Lipinski definition) is 0. The molecule has 2 atom stereocenters. The van der Waals surface area contributed by atoms with E-state index in [4.69, 9.17) is 0 Å². The summed E-state index contributed by atoms with van der Waals surface area (Å²) in [5.41, 5.74) is 1.00. The molecule has 4 heterocycles. The van der Waals surface area contributed by atoms with E-state index in [9.17, 15) is 9.59 Å². The highest BCUT2D eigenvalue weighted by molar-refractivity contribution is 5.97. The summed E-state index contributed by atoms with van der Waals surface area (Å²) >= 11 is 0. The fraction of sp³-hybridized carbons (Fsp3) is 0.562. The van der Waals surface area contributed by atoms with Crippen LogP contribution < -0.4 is 0 Å². The van der Waals surface area contributed by atoms with Crippen LogP contribution in [0.2, 0.25) is 0 Å². The Kier molecular flexibility index (Phi) is 3.33. The molecular weight excluding hydrogens is 280 g/mol. The van der Waals surface area contributed by atoms with Crippen molar-refractivity contribution >= 4 is 11.8 Å². The van der Waals surface area contributed by atoms with Crippen LogP contribution in [0.3, 0.4) is 0 Å². The van der Waals surface area contributed by atoms with E-state index in [2.05, 4.69) is 9.88 Å². The van der Waals surface area contributed by atoms with Gasteiger partial charge in [-0.3, -0.25) is 19.5 Å². The third-order valence-corrected chi connectivity index (χ3v) is 4.97. The van der Waals surface area contributed by atoms with E-state index in [1.54, 1.807) is 11.1 Å². The van der Waals surface area contributed by atoms with E-state index in [0.29, 0.717) is 13.1 Å². The average molecular weight is 300 g/mol. The Balaban J connectivity index is 1.50. The molecule has 1 aromatic heterocycles. The third kappa shape index (κ3) is 2.18. The van der Waals surface area contributed by atoms with Crippen LogP contribution in [0.1, 0.15) is 18.5 Å². The molecule has 3 aliphatic heterocycles. The van der Waals surface area contributed by atoms with E-state index in [1.165, 1.54) is 0 Å². The van der Waals surface area contributed by atoms with Gasteiger partial charge in [-0.2, -0.15) is 0 Å². The number of hydrogen-bond acceptors (Lipinski definition) is 4. The van der Waals surface area contributed by atoms with Crippen molar-refractivity contribution in [3.05, 3.63) is 30.1 Å². The Bertz CT molecular complexity index is 591. The molecule has 0 saturated carbocycles. The zero-order chi connectivity index (χ0) is 15.1. The zero-order valence-corrected chi connectivity index (χ0v) is 12.5. The van der Waals surface area contributed by atoms with Gasteiger partial charge in [-0.05, 0) is 25.0 Å². The molecule has 6 nitrogen and oxygen atoms in total. The molecule has 6 heteroatoms. The Morgan fingerprint density at radius 1 is 1.05 bits per heavy atom. The monoisotopic (exact) mass is 300 g/mol. The quantitative estimate of drug-likeness (QED) is 0.777. The van der Waals surface area contributed by atoms with Crippen LogP contribution >= 0.6 is 0 Å². The number of carbonyl (C=O) groups is 2. The van der Waals surface area contributed by atoms with E-state index in [1.807, 2.05) is 23.1 Å². The van der Waals surface area contributed by atoms with Crippen LogP contribution in [0.4, 0.5) is 0 Å². The zero-order valence-electron chi connectivity index (χ0n) is 12.5. The molecule has 3 aliphatic rings. The minimum atomic E-state index is -0.306. The summed E-state index contributed by atoms with van der Waals surface area (Å²) in [7, 11) is 0. The fourth-order valence-electron chi connectivity index (χ4n) is 3.85. The van der Waals surface area contributed by atoms with E-state index >= 15 is 0 Å². The van der Waals surface area contributed by atoms with Crippen LogP contribution in [0.15, 0.2) is 24.4 Å². The lowest BCUT2D eigenvalue weighted by molar-refractivity contribution is -0.163. The van der Waals surface area contributed by atoms with Crippen molar-refractivity contribution in [2.24, 2.45) is 0 Å². The van der Waals surface area contributed by atoms with Gasteiger partial charge in [0.25, 0.3) is 0 Å². The summed E-state index contributed by atoms with van der Waals surface area (Å²) < 4.78 is 0. The number of piperazine rings is 2. The molecule has 0 unspecified atom stereocenters. The number of pyridine rings is 1. The molecule has 0 spiro atoms. The lowest BCUT2D eigenvalue weighted by atomic mass is 10.0. The van der Waals surface area contributed by atoms with Crippen molar-refractivity contribution in [1.82, 2.24) is 19.7 Å². The summed E-state index contributed by atoms with van der Waals surface area (Å²) in [6, 6.07) is 5.38. The second-order valence-corrected chi connectivity index (χ2v) is 6.29. The maximum Gasteiger partial charge on any atom is 0.247 e. The predicted molar refractivity (Wildman–Crippen MR) is 79.8 cm³/mol. The van der Waals surface area contributed by atoms with E-state index < -0.39 is 0 Å². The van der Waals surface area contributed by atoms with Crippen LogP contribution in [0.25, 0.3) is 0 Å². The molecule has 2 amide bonds. The number of carbonyl (C=O) groups excluding carboxylic acids is 2. The summed E-state index contributed by atoms with van der Waals surface area (Å²) in [5, 5.41) is 0. The van der Waals surface area contributed by atoms with Gasteiger partial charge in [0.15, 0.2) is 0 Å². The molecule has 1 aromatic rings. The van der Waals surface area contributed by atoms with Crippen molar-refractivity contribution in [3.8, 4) is 0 Å². The molecule has 0 aliphatic carbocycles. The lowest BCUT2D eigenvalue weighted by Gasteiger charge is -2.47. The standard InChI is InChI=1S/C16H20N4O2/c21-15-13-5-3-7-19(13)16(22)14-11-18(8-9-20(14)15)10-12-4-1-2-6-17-12/h1-2,4,6,13-14H,3,5,7-11H2/t13-,14-/m1/s1. The summed E-state index contributed by atoms with van der Waals surface area (Å²) in [5.74, 6) is 0.285. The van der Waals surface area contributed by atoms with Crippen molar-refractivity contribution in [3.63, 3.8) is 0 Å². The third-order valence-electron chi connectivity index (χ3n) is 4.97. The maximum atomic E-state index is 12.7. The maximum absolute atomic E-state index is 12.7. The number of rotatable bonds is 2. The van der Waals surface area contributed by atoms with Crippen LogP contribution in [0.5, 0.6) is 0 Å². The van der Waals surface area contributed by atoms with Gasteiger partial charge >= 0.3 is 0 Å². The number of amides is 2. The first-order chi connectivity index (χ1) is 10.7. The normalized spacial score (nSPS) is 28.7. The Hall–Kier alpha value is -1.95. The molecular formula is C16H20N4O2. The topological polar surface area (TPSA) is 56.8 Å². The molecule has 0 bridgehead atoms. The minimum Gasteiger partial charge on any atom is -0.329 e. The first-order valence-corrected chi connectivity index (χ1v) is 7.97. The number of fused-ring (bicyclic) bond motifs is 2. The largest absolute Gasteiger partial charge is 0.329 e. The van der Waals surface area contributed by atoms with Gasteiger partial charge in [0, 0.05) is 38.9 Å². The molecule has 4 rings (SSSR count). The van der Waals surface area contributed by atoms with Crippen molar-refractivity contribution < 1.29 is 9.59 Å². The molecule has 0 aromatic carbocycles. The first-order valence-electron chi connectivity index (χ1n) is 7.97. The highest BCUT2D eigenvalue weighted by Gasteiger charge is 2.49. The van der Waals surface area contributed by atoms with Crippen molar-refractivity contribution in [2.75, 3.05) is 26.2 Å². The fourth-order valence-corrected chi connectivity index (χ4v) is 3.85. The highest BCUT2D eigenvalue weighted by atomic mass is 16.2. The van der Waals surface area contributed by atoms with Gasteiger partial charge in [-0.25, -0.2) is 0 Å². The van der Waals surface area contributed by atoms with Gasteiger partial charge in [0.1, 0.15) is 12.1 Å². The number of nitrogens with zero attached hydrogens (tertiary/aromatic N) is 4. The number of aromatic nitrogens is 1. The summed E-state index contributed by atoms with van der Waals surface area (Å²) in [6.45, 7) is 3.53. The first kappa shape index (κ1) is 13.7. The van der Waals surface area contributed by atoms with E-state index in [0.717, 1.165) is 38.2 Å². The van der Waals surface area contributed by atoms with Crippen LogP contribution in [-0.4, -0.2) is 69.8 Å². The second kappa shape index (κ2) is 5.35. The predicted octanol–water partition coefficient (Wildman–Crippen LogP) is 0.0990. The minimum absolute atomic E-state index is 0.132. The van der Waals surface area contributed by atoms with Gasteiger partial charge in [-0.15, -0.1) is 0 Å². The molecule has 3 saturated heterocycles. The molecule has 22 heavy (non-hydrogen) atoms. The van der Waals surface area contributed by atoms with Crippen molar-refractivity contribution in [2.45, 2.75) is 31.5 Å². The van der Waals surface area contributed by atoms with Gasteiger partial charge in [-0.1, -0.05) is 6.07 Å². The average Bonchev–Trinajstić information content (AvgIpc) is 3.04. The van der Waals surface area contributed by atoms with Gasteiger partial charge in [0.2, 0.25) is 11.8 Å². The Morgan fingerprint density at radius 2 is 1.86 bits per heavy atom. The molecule has 116 valence electrons. The van der Waals surface area contributed by atoms with Crippen LogP contribution in [-0.2, 0) is 16.1 Å². The Labute approximate surface area is 129 Å². The second-order valence-electron chi connectivity index (χ2n) is 6.29. The van der Waals surface area contributed by atoms with Gasteiger partial charge < -0.3 is 9.80 Å². The Morgan fingerprint density at radius 3 is 2.68 bits per heavy atom. The van der Waals surface area contributed by atoms with Gasteiger partial charge in [0.05, 0.1) is 5.69 Å². The lowest BCUT2D eigenvalue weighted by Crippen LogP contribution is -2.68. The smallest absolute Gasteiger partial charge is 0.247 e. The molecule has 0 radical (unpaired) electrons. The highest BCUT2D eigenvalue weighted by Crippen LogP contribution is 2.29. The van der Waals surface area contributed by atoms with Crippen LogP contribution in [0, 0.1) is 0 Å². The molecule has 0 N–H and O–H groups in total. The van der Waals surface area contributed by atoms with E-state index in [-0.39, 0.29) is 23.9 Å². The molecule has 3 fully saturated rings.